The molecule has 0 saturated heterocycles. The predicted molar refractivity (Wildman–Crippen MR) is 227 cm³/mol. The van der Waals surface area contributed by atoms with Crippen molar-refractivity contribution in [3.05, 3.63) is 72.4 Å². The van der Waals surface area contributed by atoms with Gasteiger partial charge in [-0.15, -0.1) is 0 Å². The summed E-state index contributed by atoms with van der Waals surface area (Å²) in [4.78, 5) is 14.1. The van der Waals surface area contributed by atoms with Crippen LogP contribution in [0.4, 0.5) is 0 Å². The van der Waals surface area contributed by atoms with Gasteiger partial charge in [0.1, 0.15) is 11.5 Å². The van der Waals surface area contributed by atoms with Gasteiger partial charge in [0, 0.05) is 12.6 Å². The summed E-state index contributed by atoms with van der Waals surface area (Å²) < 4.78 is 12.4. The van der Waals surface area contributed by atoms with Gasteiger partial charge >= 0.3 is 0 Å². The van der Waals surface area contributed by atoms with E-state index >= 15 is 0 Å². The number of nitrogens with one attached hydrogen (secondary N) is 1. The molecule has 5 nitrogen and oxygen atoms in total. The lowest BCUT2D eigenvalue weighted by Gasteiger charge is -2.14. The number of likely N-dealkylation sites (N-methyl/N-ethyl adjacent to an activating group) is 1. The minimum absolute atomic E-state index is 0.0153. The molecular formula is C47H80N2O3. The fraction of sp³-hybridized carbons (Fsp3) is 0.681. The summed E-state index contributed by atoms with van der Waals surface area (Å²) in [5.74, 6) is 1.67. The van der Waals surface area contributed by atoms with E-state index in [2.05, 4.69) is 67.8 Å². The molecule has 1 amide bonds. The molecule has 296 valence electrons. The quantitative estimate of drug-likeness (QED) is 0.0554. The summed E-state index contributed by atoms with van der Waals surface area (Å²) in [6.07, 6.45) is 48.3. The zero-order valence-corrected chi connectivity index (χ0v) is 34.3. The summed E-state index contributed by atoms with van der Waals surface area (Å²) in [5.41, 5.74) is 1.01. The van der Waals surface area contributed by atoms with E-state index in [1.807, 2.05) is 37.2 Å². The number of carbonyl (C=O) groups excluding carboxylic acids is 1. The Kier molecular flexibility index (Phi) is 33.2. The molecule has 0 aliphatic rings. The number of benzene rings is 1. The molecule has 1 N–H and O–H groups in total. The van der Waals surface area contributed by atoms with Gasteiger partial charge in [0.2, 0.25) is 5.91 Å². The summed E-state index contributed by atoms with van der Waals surface area (Å²) in [7, 11) is 3.81. The molecule has 0 aliphatic heterocycles. The molecular weight excluding hydrogens is 641 g/mol. The Balaban J connectivity index is 2.28. The molecule has 0 bridgehead atoms. The largest absolute Gasteiger partial charge is 0.493 e. The predicted octanol–water partition coefficient (Wildman–Crippen LogP) is 13.2. The topological polar surface area (TPSA) is 50.8 Å². The average molecular weight is 721 g/mol. The number of unbranched alkanes of at least 4 members (excludes halogenated alkanes) is 18. The molecule has 52 heavy (non-hydrogen) atoms. The Morgan fingerprint density at radius 2 is 0.923 bits per heavy atom. The Hall–Kier alpha value is -2.79. The third kappa shape index (κ3) is 31.9. The van der Waals surface area contributed by atoms with Crippen LogP contribution in [0, 0.1) is 0 Å². The molecule has 0 heterocycles. The second-order valence-electron chi connectivity index (χ2n) is 14.7. The van der Waals surface area contributed by atoms with Crippen LogP contribution >= 0.6 is 0 Å². The number of rotatable bonds is 36. The average Bonchev–Trinajstić information content (AvgIpc) is 3.13. The highest BCUT2D eigenvalue weighted by molar-refractivity contribution is 5.77. The van der Waals surface area contributed by atoms with Crippen LogP contribution in [0.3, 0.4) is 0 Å². The molecule has 1 rings (SSSR count). The Morgan fingerprint density at radius 1 is 0.538 bits per heavy atom. The molecule has 0 unspecified atom stereocenters. The van der Waals surface area contributed by atoms with Crippen LogP contribution < -0.4 is 14.8 Å². The standard InChI is InChI=1S/C47H80N2O3/c1-5-7-9-11-13-15-17-19-21-23-25-27-29-31-33-35-37-51-45-39-44(42-48-47(50)43-49(3)4)40-46(41-45)52-38-36-34-32-30-28-26-24-22-20-18-16-14-12-10-8-6-2/h13-16,19-22,39-41H,5-12,17-18,23-38,42-43H2,1-4H3,(H,48,50). The maximum atomic E-state index is 12.3. The van der Waals surface area contributed by atoms with E-state index in [1.165, 1.54) is 128 Å². The highest BCUT2D eigenvalue weighted by atomic mass is 16.5. The first-order valence-corrected chi connectivity index (χ1v) is 21.5. The Morgan fingerprint density at radius 3 is 1.33 bits per heavy atom. The van der Waals surface area contributed by atoms with Gasteiger partial charge in [0.25, 0.3) is 0 Å². The van der Waals surface area contributed by atoms with Gasteiger partial charge in [-0.3, -0.25) is 4.79 Å². The lowest BCUT2D eigenvalue weighted by molar-refractivity contribution is -0.121. The molecule has 1 aromatic carbocycles. The zero-order valence-electron chi connectivity index (χ0n) is 34.3. The third-order valence-electron chi connectivity index (χ3n) is 9.12. The number of hydrogen-bond acceptors (Lipinski definition) is 4. The van der Waals surface area contributed by atoms with Gasteiger partial charge in [-0.1, -0.05) is 140 Å². The van der Waals surface area contributed by atoms with Gasteiger partial charge in [-0.2, -0.15) is 0 Å². The van der Waals surface area contributed by atoms with Crippen molar-refractivity contribution in [2.24, 2.45) is 0 Å². The van der Waals surface area contributed by atoms with Crippen molar-refractivity contribution in [3.8, 4) is 11.5 Å². The summed E-state index contributed by atoms with van der Waals surface area (Å²) in [5, 5.41) is 3.03. The number of carbonyl (C=O) groups is 1. The van der Waals surface area contributed by atoms with Crippen molar-refractivity contribution in [1.82, 2.24) is 10.2 Å². The Bertz CT molecular complexity index is 1010. The molecule has 0 spiro atoms. The number of hydrogen-bond donors (Lipinski definition) is 1. The van der Waals surface area contributed by atoms with Crippen LogP contribution in [0.15, 0.2) is 66.8 Å². The third-order valence-corrected chi connectivity index (χ3v) is 9.12. The monoisotopic (exact) mass is 721 g/mol. The second kappa shape index (κ2) is 36.6. The van der Waals surface area contributed by atoms with Crippen LogP contribution in [0.2, 0.25) is 0 Å². The van der Waals surface area contributed by atoms with E-state index < -0.39 is 0 Å². The molecule has 0 fully saturated rings. The van der Waals surface area contributed by atoms with Gasteiger partial charge in [0.05, 0.1) is 19.8 Å². The van der Waals surface area contributed by atoms with Gasteiger partial charge in [0.15, 0.2) is 0 Å². The maximum absolute atomic E-state index is 12.3. The van der Waals surface area contributed by atoms with Crippen molar-refractivity contribution in [1.29, 1.82) is 0 Å². The maximum Gasteiger partial charge on any atom is 0.234 e. The molecule has 0 aromatic heterocycles. The number of ether oxygens (including phenoxy) is 2. The molecule has 1 aromatic rings. The van der Waals surface area contributed by atoms with Crippen LogP contribution in [0.1, 0.15) is 174 Å². The van der Waals surface area contributed by atoms with E-state index in [0.717, 1.165) is 42.7 Å². The minimum atomic E-state index is 0.0153. The van der Waals surface area contributed by atoms with E-state index in [9.17, 15) is 4.79 Å². The number of amides is 1. The van der Waals surface area contributed by atoms with Crippen molar-refractivity contribution in [2.75, 3.05) is 33.9 Å². The van der Waals surface area contributed by atoms with E-state index in [-0.39, 0.29) is 5.91 Å². The fourth-order valence-corrected chi connectivity index (χ4v) is 6.00. The highest BCUT2D eigenvalue weighted by Gasteiger charge is 2.07. The Labute approximate surface area is 321 Å². The summed E-state index contributed by atoms with van der Waals surface area (Å²) in [6.45, 7) is 6.77. The highest BCUT2D eigenvalue weighted by Crippen LogP contribution is 2.24. The second-order valence-corrected chi connectivity index (χ2v) is 14.7. The minimum Gasteiger partial charge on any atom is -0.493 e. The van der Waals surface area contributed by atoms with Crippen LogP contribution in [0.5, 0.6) is 11.5 Å². The number of allylic oxidation sites excluding steroid dienone is 8. The van der Waals surface area contributed by atoms with Gasteiger partial charge < -0.3 is 19.7 Å². The summed E-state index contributed by atoms with van der Waals surface area (Å²) >= 11 is 0. The van der Waals surface area contributed by atoms with Crippen molar-refractivity contribution >= 4 is 5.91 Å². The van der Waals surface area contributed by atoms with Crippen molar-refractivity contribution < 1.29 is 14.3 Å². The van der Waals surface area contributed by atoms with E-state index in [0.29, 0.717) is 26.3 Å². The lowest BCUT2D eigenvalue weighted by Crippen LogP contribution is -2.32. The van der Waals surface area contributed by atoms with E-state index in [4.69, 9.17) is 9.47 Å². The van der Waals surface area contributed by atoms with Crippen LogP contribution in [-0.2, 0) is 11.3 Å². The van der Waals surface area contributed by atoms with E-state index in [1.54, 1.807) is 0 Å². The smallest absolute Gasteiger partial charge is 0.234 e. The summed E-state index contributed by atoms with van der Waals surface area (Å²) in [6, 6.07) is 6.09. The van der Waals surface area contributed by atoms with Gasteiger partial charge in [-0.25, -0.2) is 0 Å². The van der Waals surface area contributed by atoms with Crippen molar-refractivity contribution in [2.45, 2.75) is 174 Å². The first kappa shape index (κ1) is 47.2. The molecule has 0 atom stereocenters. The number of nitrogens with zero attached hydrogens (tertiary/aromatic N) is 1. The normalized spacial score (nSPS) is 12.0. The zero-order chi connectivity index (χ0) is 37.6. The SMILES string of the molecule is CCCCCC=CCC=CCCCCCCCCOc1cc(CNC(=O)CN(C)C)cc(OCCCCCCCCC=CCC=CCCCCC)c1. The lowest BCUT2D eigenvalue weighted by atomic mass is 10.1. The first-order chi connectivity index (χ1) is 25.5. The molecule has 0 saturated carbocycles. The molecule has 0 radical (unpaired) electrons. The van der Waals surface area contributed by atoms with Gasteiger partial charge in [-0.05, 0) is 109 Å². The van der Waals surface area contributed by atoms with Crippen molar-refractivity contribution in [3.63, 3.8) is 0 Å². The first-order valence-electron chi connectivity index (χ1n) is 21.5. The fourth-order valence-electron chi connectivity index (χ4n) is 6.00. The molecule has 5 heteroatoms. The van der Waals surface area contributed by atoms with Crippen LogP contribution in [-0.4, -0.2) is 44.7 Å². The van der Waals surface area contributed by atoms with Crippen LogP contribution in [0.25, 0.3) is 0 Å². The molecule has 0 aliphatic carbocycles.